The minimum atomic E-state index is -0.538. The first-order valence-electron chi connectivity index (χ1n) is 9.42. The molecule has 0 saturated carbocycles. The topological polar surface area (TPSA) is 49.4 Å². The fourth-order valence-corrected chi connectivity index (χ4v) is 3.62. The van der Waals surface area contributed by atoms with Gasteiger partial charge in [-0.3, -0.25) is 9.59 Å². The third-order valence-electron chi connectivity index (χ3n) is 4.49. The summed E-state index contributed by atoms with van der Waals surface area (Å²) in [6.45, 7) is 6.82. The summed E-state index contributed by atoms with van der Waals surface area (Å²) in [5.41, 5.74) is 2.15. The Morgan fingerprint density at radius 1 is 1.14 bits per heavy atom. The summed E-state index contributed by atoms with van der Waals surface area (Å²) in [6, 6.07) is 14.8. The lowest BCUT2D eigenvalue weighted by Gasteiger charge is -2.29. The van der Waals surface area contributed by atoms with Gasteiger partial charge < -0.3 is 10.2 Å². The number of halogens is 1. The highest BCUT2D eigenvalue weighted by Gasteiger charge is 2.26. The maximum absolute atomic E-state index is 13.0. The summed E-state index contributed by atoms with van der Waals surface area (Å²) in [4.78, 5) is 28.2. The molecule has 0 aliphatic rings. The predicted octanol–water partition coefficient (Wildman–Crippen LogP) is 4.68. The van der Waals surface area contributed by atoms with Gasteiger partial charge in [-0.2, -0.15) is 0 Å². The van der Waals surface area contributed by atoms with Crippen LogP contribution in [0.1, 0.15) is 31.4 Å². The van der Waals surface area contributed by atoms with Gasteiger partial charge in [0.15, 0.2) is 0 Å². The van der Waals surface area contributed by atoms with E-state index >= 15 is 0 Å². The molecule has 0 bridgehead atoms. The fourth-order valence-electron chi connectivity index (χ4n) is 2.71. The van der Waals surface area contributed by atoms with Crippen molar-refractivity contribution in [1.29, 1.82) is 0 Å². The Kier molecular flexibility index (Phi) is 8.87. The Balaban J connectivity index is 2.13. The average molecular weight is 419 g/mol. The second-order valence-corrected chi connectivity index (χ2v) is 8.14. The van der Waals surface area contributed by atoms with E-state index in [2.05, 4.69) is 5.32 Å². The molecule has 4 nitrogen and oxygen atoms in total. The van der Waals surface area contributed by atoms with Crippen molar-refractivity contribution >= 4 is 35.2 Å². The molecule has 0 spiro atoms. The van der Waals surface area contributed by atoms with E-state index < -0.39 is 6.04 Å². The van der Waals surface area contributed by atoms with Crippen LogP contribution in [0.2, 0.25) is 5.02 Å². The molecule has 150 valence electrons. The summed E-state index contributed by atoms with van der Waals surface area (Å²) in [5, 5.41) is 3.56. The Morgan fingerprint density at radius 3 is 2.46 bits per heavy atom. The third kappa shape index (κ3) is 6.57. The first-order chi connectivity index (χ1) is 13.4. The van der Waals surface area contributed by atoms with Crippen molar-refractivity contribution in [3.8, 4) is 0 Å². The van der Waals surface area contributed by atoms with E-state index in [1.807, 2.05) is 50.2 Å². The molecule has 2 aromatic carbocycles. The molecule has 0 heterocycles. The molecule has 0 radical (unpaired) electrons. The minimum absolute atomic E-state index is 0.0673. The molecule has 0 aliphatic carbocycles. The summed E-state index contributed by atoms with van der Waals surface area (Å²) in [6.07, 6.45) is 0.858. The Labute approximate surface area is 176 Å². The quantitative estimate of drug-likeness (QED) is 0.601. The molecule has 0 aromatic heterocycles. The Bertz CT molecular complexity index is 795. The largest absolute Gasteiger partial charge is 0.354 e. The van der Waals surface area contributed by atoms with Gasteiger partial charge in [-0.1, -0.05) is 42.8 Å². The number of hydrogen-bond donors (Lipinski definition) is 1. The second kappa shape index (κ2) is 11.1. The monoisotopic (exact) mass is 418 g/mol. The minimum Gasteiger partial charge on any atom is -0.354 e. The van der Waals surface area contributed by atoms with E-state index in [0.29, 0.717) is 18.1 Å². The summed E-state index contributed by atoms with van der Waals surface area (Å²) in [5.74, 6) is 0.0708. The normalized spacial score (nSPS) is 11.7. The molecule has 0 fully saturated rings. The van der Waals surface area contributed by atoms with Crippen LogP contribution < -0.4 is 5.32 Å². The first-order valence-corrected chi connectivity index (χ1v) is 10.8. The van der Waals surface area contributed by atoms with Crippen LogP contribution in [-0.2, 0) is 16.1 Å². The number of nitrogens with one attached hydrogen (secondary N) is 1. The van der Waals surface area contributed by atoms with Gasteiger partial charge in [0.25, 0.3) is 0 Å². The standard InChI is InChI=1S/C22H27ClN2O2S/c1-4-13-24-22(27)17(3)25(14-18-8-6-5-7-16(18)2)21(26)15-28-20-11-9-19(23)10-12-20/h5-12,17H,4,13-15H2,1-3H3,(H,24,27)/t17-/m0/s1. The zero-order valence-electron chi connectivity index (χ0n) is 16.6. The molecular weight excluding hydrogens is 392 g/mol. The lowest BCUT2D eigenvalue weighted by Crippen LogP contribution is -2.48. The first kappa shape index (κ1) is 22.3. The number of benzene rings is 2. The molecule has 28 heavy (non-hydrogen) atoms. The van der Waals surface area contributed by atoms with E-state index in [1.54, 1.807) is 24.0 Å². The highest BCUT2D eigenvalue weighted by molar-refractivity contribution is 8.00. The van der Waals surface area contributed by atoms with Crippen molar-refractivity contribution in [2.45, 2.75) is 44.7 Å². The highest BCUT2D eigenvalue weighted by Crippen LogP contribution is 2.22. The van der Waals surface area contributed by atoms with Crippen molar-refractivity contribution in [3.63, 3.8) is 0 Å². The molecular formula is C22H27ClN2O2S. The van der Waals surface area contributed by atoms with E-state index in [1.165, 1.54) is 11.8 Å². The number of amides is 2. The van der Waals surface area contributed by atoms with E-state index in [4.69, 9.17) is 11.6 Å². The molecule has 1 N–H and O–H groups in total. The number of aryl methyl sites for hydroxylation is 1. The molecule has 0 aliphatic heterocycles. The van der Waals surface area contributed by atoms with Gasteiger partial charge in [0.2, 0.25) is 11.8 Å². The molecule has 1 atom stereocenters. The molecule has 0 unspecified atom stereocenters. The fraction of sp³-hybridized carbons (Fsp3) is 0.364. The van der Waals surface area contributed by atoms with Gasteiger partial charge in [0, 0.05) is 23.0 Å². The van der Waals surface area contributed by atoms with Crippen molar-refractivity contribution < 1.29 is 9.59 Å². The summed E-state index contributed by atoms with van der Waals surface area (Å²) in [7, 11) is 0. The van der Waals surface area contributed by atoms with Gasteiger partial charge in [-0.05, 0) is 55.7 Å². The summed E-state index contributed by atoms with van der Waals surface area (Å²) >= 11 is 7.36. The van der Waals surface area contributed by atoms with E-state index in [9.17, 15) is 9.59 Å². The number of carbonyl (C=O) groups excluding carboxylic acids is 2. The predicted molar refractivity (Wildman–Crippen MR) is 117 cm³/mol. The highest BCUT2D eigenvalue weighted by atomic mass is 35.5. The van der Waals surface area contributed by atoms with Crippen molar-refractivity contribution in [1.82, 2.24) is 10.2 Å². The van der Waals surface area contributed by atoms with Crippen LogP contribution in [0.5, 0.6) is 0 Å². The van der Waals surface area contributed by atoms with Crippen LogP contribution in [0.25, 0.3) is 0 Å². The lowest BCUT2D eigenvalue weighted by atomic mass is 10.1. The van der Waals surface area contributed by atoms with E-state index in [0.717, 1.165) is 22.4 Å². The number of hydrogen-bond acceptors (Lipinski definition) is 3. The Hall–Kier alpha value is -1.98. The second-order valence-electron chi connectivity index (χ2n) is 6.66. The maximum atomic E-state index is 13.0. The molecule has 2 aromatic rings. The van der Waals surface area contributed by atoms with Crippen LogP contribution in [0, 0.1) is 6.92 Å². The lowest BCUT2D eigenvalue weighted by molar-refractivity contribution is -0.138. The maximum Gasteiger partial charge on any atom is 0.242 e. The van der Waals surface area contributed by atoms with Crippen LogP contribution in [0.4, 0.5) is 0 Å². The van der Waals surface area contributed by atoms with Crippen LogP contribution in [0.15, 0.2) is 53.4 Å². The number of rotatable bonds is 9. The molecule has 6 heteroatoms. The molecule has 0 saturated heterocycles. The average Bonchev–Trinajstić information content (AvgIpc) is 2.70. The van der Waals surface area contributed by atoms with Crippen molar-refractivity contribution in [3.05, 3.63) is 64.7 Å². The summed E-state index contributed by atoms with van der Waals surface area (Å²) < 4.78 is 0. The van der Waals surface area contributed by atoms with Crippen LogP contribution in [-0.4, -0.2) is 35.1 Å². The van der Waals surface area contributed by atoms with Gasteiger partial charge in [0.1, 0.15) is 6.04 Å². The zero-order valence-corrected chi connectivity index (χ0v) is 18.1. The van der Waals surface area contributed by atoms with Gasteiger partial charge in [0.05, 0.1) is 5.75 Å². The number of nitrogens with zero attached hydrogens (tertiary/aromatic N) is 1. The smallest absolute Gasteiger partial charge is 0.242 e. The molecule has 2 rings (SSSR count). The number of carbonyl (C=O) groups is 2. The SMILES string of the molecule is CCCNC(=O)[C@H](C)N(Cc1ccccc1C)C(=O)CSc1ccc(Cl)cc1. The Morgan fingerprint density at radius 2 is 1.82 bits per heavy atom. The van der Waals surface area contributed by atoms with Gasteiger partial charge >= 0.3 is 0 Å². The van der Waals surface area contributed by atoms with Crippen molar-refractivity contribution in [2.24, 2.45) is 0 Å². The van der Waals surface area contributed by atoms with Crippen molar-refractivity contribution in [2.75, 3.05) is 12.3 Å². The van der Waals surface area contributed by atoms with Gasteiger partial charge in [-0.15, -0.1) is 11.8 Å². The van der Waals surface area contributed by atoms with Gasteiger partial charge in [-0.25, -0.2) is 0 Å². The van der Waals surface area contributed by atoms with E-state index in [-0.39, 0.29) is 17.6 Å². The van der Waals surface area contributed by atoms with Crippen LogP contribution in [0.3, 0.4) is 0 Å². The molecule has 2 amide bonds. The number of thioether (sulfide) groups is 1. The zero-order chi connectivity index (χ0) is 20.5. The third-order valence-corrected chi connectivity index (χ3v) is 5.74. The van der Waals surface area contributed by atoms with Crippen LogP contribution >= 0.6 is 23.4 Å².